The fraction of sp³-hybridized carbons (Fsp3) is 0.667. The topological polar surface area (TPSA) is 49.8 Å². The maximum atomic E-state index is 4.24. The van der Waals surface area contributed by atoms with Crippen LogP contribution < -0.4 is 10.6 Å². The summed E-state index contributed by atoms with van der Waals surface area (Å²) in [5.41, 5.74) is 1.10. The number of aryl methyl sites for hydroxylation is 1. The highest BCUT2D eigenvalue weighted by molar-refractivity contribution is 5.24. The minimum atomic E-state index is 0.701. The quantitative estimate of drug-likeness (QED) is 0.812. The Kier molecular flexibility index (Phi) is 4.10. The highest BCUT2D eigenvalue weighted by Crippen LogP contribution is 2.11. The Hall–Kier alpha value is -1.16. The fourth-order valence-electron chi connectivity index (χ4n) is 1.98. The molecular weight excluding hydrogens is 200 g/mol. The lowest BCUT2D eigenvalue weighted by molar-refractivity contribution is 0.502. The molecule has 0 aromatic carbocycles. The van der Waals surface area contributed by atoms with Gasteiger partial charge >= 0.3 is 0 Å². The van der Waals surface area contributed by atoms with Crippen molar-refractivity contribution < 1.29 is 0 Å². The summed E-state index contributed by atoms with van der Waals surface area (Å²) in [6.07, 6.45) is 7.62. The summed E-state index contributed by atoms with van der Waals surface area (Å²) < 4.78 is 0. The Morgan fingerprint density at radius 3 is 3.00 bits per heavy atom. The van der Waals surface area contributed by atoms with Crippen molar-refractivity contribution in [1.82, 2.24) is 15.3 Å². The van der Waals surface area contributed by atoms with Crippen LogP contribution in [0.2, 0.25) is 0 Å². The zero-order valence-electron chi connectivity index (χ0n) is 9.87. The van der Waals surface area contributed by atoms with E-state index in [-0.39, 0.29) is 0 Å². The van der Waals surface area contributed by atoms with Crippen molar-refractivity contribution in [2.45, 2.75) is 26.2 Å². The van der Waals surface area contributed by atoms with Crippen molar-refractivity contribution >= 4 is 5.95 Å². The molecule has 16 heavy (non-hydrogen) atoms. The minimum absolute atomic E-state index is 0.701. The van der Waals surface area contributed by atoms with Gasteiger partial charge in [-0.3, -0.25) is 0 Å². The smallest absolute Gasteiger partial charge is 0.222 e. The van der Waals surface area contributed by atoms with E-state index in [9.17, 15) is 0 Å². The molecule has 0 aliphatic carbocycles. The predicted molar refractivity (Wildman–Crippen MR) is 65.5 cm³/mol. The van der Waals surface area contributed by atoms with Crippen LogP contribution in [0.1, 0.15) is 24.8 Å². The van der Waals surface area contributed by atoms with Gasteiger partial charge in [-0.2, -0.15) is 0 Å². The van der Waals surface area contributed by atoms with Gasteiger partial charge in [0.25, 0.3) is 0 Å². The zero-order chi connectivity index (χ0) is 11.2. The van der Waals surface area contributed by atoms with Gasteiger partial charge in [-0.05, 0) is 44.3 Å². The molecule has 1 aromatic rings. The first-order valence-corrected chi connectivity index (χ1v) is 6.08. The molecule has 88 valence electrons. The van der Waals surface area contributed by atoms with E-state index in [2.05, 4.69) is 20.6 Å². The van der Waals surface area contributed by atoms with Crippen LogP contribution in [0.5, 0.6) is 0 Å². The zero-order valence-corrected chi connectivity index (χ0v) is 9.87. The second-order valence-corrected chi connectivity index (χ2v) is 4.53. The fourth-order valence-corrected chi connectivity index (χ4v) is 1.98. The molecule has 2 heterocycles. The second kappa shape index (κ2) is 5.80. The van der Waals surface area contributed by atoms with Gasteiger partial charge in [-0.1, -0.05) is 6.42 Å². The number of hydrogen-bond donors (Lipinski definition) is 2. The normalized spacial score (nSPS) is 21.4. The van der Waals surface area contributed by atoms with Crippen molar-refractivity contribution in [3.63, 3.8) is 0 Å². The van der Waals surface area contributed by atoms with Crippen LogP contribution in [0.4, 0.5) is 5.95 Å². The monoisotopic (exact) mass is 220 g/mol. The lowest BCUT2D eigenvalue weighted by Crippen LogP contribution is -2.26. The molecule has 1 atom stereocenters. The van der Waals surface area contributed by atoms with E-state index in [0.29, 0.717) is 5.92 Å². The van der Waals surface area contributed by atoms with Crippen molar-refractivity contribution in [3.8, 4) is 0 Å². The molecule has 4 heteroatoms. The maximum absolute atomic E-state index is 4.24. The second-order valence-electron chi connectivity index (χ2n) is 4.53. The predicted octanol–water partition coefficient (Wildman–Crippen LogP) is 1.59. The number of hydrogen-bond acceptors (Lipinski definition) is 4. The molecule has 0 saturated carbocycles. The summed E-state index contributed by atoms with van der Waals surface area (Å²) in [7, 11) is 0. The molecular formula is C12H20N4. The molecule has 1 unspecified atom stereocenters. The molecule has 1 fully saturated rings. The third-order valence-electron chi connectivity index (χ3n) is 2.98. The van der Waals surface area contributed by atoms with Crippen LogP contribution in [-0.4, -0.2) is 29.6 Å². The van der Waals surface area contributed by atoms with Crippen LogP contribution in [-0.2, 0) is 0 Å². The lowest BCUT2D eigenvalue weighted by Gasteiger charge is -2.14. The van der Waals surface area contributed by atoms with Crippen LogP contribution in [0.15, 0.2) is 12.4 Å². The van der Waals surface area contributed by atoms with E-state index in [4.69, 9.17) is 0 Å². The van der Waals surface area contributed by atoms with Gasteiger partial charge in [0.05, 0.1) is 0 Å². The van der Waals surface area contributed by atoms with Crippen LogP contribution >= 0.6 is 0 Å². The number of nitrogens with one attached hydrogen (secondary N) is 2. The number of rotatable bonds is 3. The van der Waals surface area contributed by atoms with E-state index >= 15 is 0 Å². The Balaban J connectivity index is 1.79. The van der Waals surface area contributed by atoms with Crippen molar-refractivity contribution in [1.29, 1.82) is 0 Å². The number of anilines is 1. The maximum Gasteiger partial charge on any atom is 0.222 e. The molecule has 1 aliphatic heterocycles. The molecule has 0 bridgehead atoms. The Bertz CT molecular complexity index is 301. The molecule has 0 radical (unpaired) electrons. The minimum Gasteiger partial charge on any atom is -0.354 e. The molecule has 2 N–H and O–H groups in total. The Morgan fingerprint density at radius 2 is 2.19 bits per heavy atom. The summed E-state index contributed by atoms with van der Waals surface area (Å²) in [4.78, 5) is 8.49. The average Bonchev–Trinajstić information content (AvgIpc) is 2.57. The van der Waals surface area contributed by atoms with Crippen LogP contribution in [0.25, 0.3) is 0 Å². The van der Waals surface area contributed by atoms with Crippen LogP contribution in [0.3, 0.4) is 0 Å². The van der Waals surface area contributed by atoms with E-state index in [0.717, 1.165) is 31.1 Å². The van der Waals surface area contributed by atoms with Gasteiger partial charge in [-0.15, -0.1) is 0 Å². The van der Waals surface area contributed by atoms with Gasteiger partial charge in [0.2, 0.25) is 5.95 Å². The van der Waals surface area contributed by atoms with E-state index in [1.165, 1.54) is 19.3 Å². The van der Waals surface area contributed by atoms with Crippen LogP contribution in [0, 0.1) is 12.8 Å². The van der Waals surface area contributed by atoms with Crippen molar-refractivity contribution in [3.05, 3.63) is 18.0 Å². The molecule has 2 rings (SSSR count). The van der Waals surface area contributed by atoms with Crippen molar-refractivity contribution in [2.24, 2.45) is 5.92 Å². The molecule has 1 aromatic heterocycles. The third kappa shape index (κ3) is 3.45. The SMILES string of the molecule is Cc1cnc(NCC2CCCCNC2)nc1. The molecule has 1 saturated heterocycles. The highest BCUT2D eigenvalue weighted by atomic mass is 15.1. The molecule has 0 spiro atoms. The average molecular weight is 220 g/mol. The Labute approximate surface area is 96.9 Å². The largest absolute Gasteiger partial charge is 0.354 e. The lowest BCUT2D eigenvalue weighted by atomic mass is 10.0. The standard InChI is InChI=1S/C12H20N4/c1-10-6-14-12(15-7-10)16-9-11-4-2-3-5-13-8-11/h6-7,11,13H,2-5,8-9H2,1H3,(H,14,15,16). The molecule has 4 nitrogen and oxygen atoms in total. The van der Waals surface area contributed by atoms with Gasteiger partial charge in [0.15, 0.2) is 0 Å². The Morgan fingerprint density at radius 1 is 1.38 bits per heavy atom. The van der Waals surface area contributed by atoms with E-state index in [1.807, 2.05) is 19.3 Å². The molecule has 1 aliphatic rings. The van der Waals surface area contributed by atoms with E-state index < -0.39 is 0 Å². The van der Waals surface area contributed by atoms with E-state index in [1.54, 1.807) is 0 Å². The number of aromatic nitrogens is 2. The third-order valence-corrected chi connectivity index (χ3v) is 2.98. The first-order chi connectivity index (χ1) is 7.84. The van der Waals surface area contributed by atoms with Gasteiger partial charge in [-0.25, -0.2) is 9.97 Å². The summed E-state index contributed by atoms with van der Waals surface area (Å²) in [6, 6.07) is 0. The first kappa shape index (κ1) is 11.3. The van der Waals surface area contributed by atoms with Gasteiger partial charge in [0, 0.05) is 18.9 Å². The first-order valence-electron chi connectivity index (χ1n) is 6.08. The summed E-state index contributed by atoms with van der Waals surface area (Å²) in [5.74, 6) is 1.45. The molecule has 0 amide bonds. The summed E-state index contributed by atoms with van der Waals surface area (Å²) in [6.45, 7) is 5.24. The summed E-state index contributed by atoms with van der Waals surface area (Å²) >= 11 is 0. The number of nitrogens with zero attached hydrogens (tertiary/aromatic N) is 2. The van der Waals surface area contributed by atoms with Gasteiger partial charge < -0.3 is 10.6 Å². The highest BCUT2D eigenvalue weighted by Gasteiger charge is 2.11. The summed E-state index contributed by atoms with van der Waals surface area (Å²) in [5, 5.41) is 6.77. The van der Waals surface area contributed by atoms with Crippen molar-refractivity contribution in [2.75, 3.05) is 25.0 Å². The van der Waals surface area contributed by atoms with Gasteiger partial charge in [0.1, 0.15) is 0 Å².